The summed E-state index contributed by atoms with van der Waals surface area (Å²) >= 11 is 6.18. The average Bonchev–Trinajstić information content (AvgIpc) is 3.37. The van der Waals surface area contributed by atoms with Gasteiger partial charge in [-0.3, -0.25) is 14.6 Å². The van der Waals surface area contributed by atoms with Crippen molar-refractivity contribution in [3.8, 4) is 16.9 Å². The first-order chi connectivity index (χ1) is 17.6. The van der Waals surface area contributed by atoms with Crippen molar-refractivity contribution in [2.45, 2.75) is 0 Å². The first-order valence-electron chi connectivity index (χ1n) is 11.7. The summed E-state index contributed by atoms with van der Waals surface area (Å²) in [6.45, 7) is 1.82. The van der Waals surface area contributed by atoms with Gasteiger partial charge in [-0.2, -0.15) is 5.10 Å². The second-order valence-electron chi connectivity index (χ2n) is 8.39. The lowest BCUT2D eigenvalue weighted by Crippen LogP contribution is -2.50. The molecule has 0 atom stereocenters. The third-order valence-corrected chi connectivity index (χ3v) is 6.42. The number of carbonyl (C=O) groups excluding carboxylic acids is 2. The van der Waals surface area contributed by atoms with Gasteiger partial charge < -0.3 is 9.80 Å². The van der Waals surface area contributed by atoms with Crippen molar-refractivity contribution in [3.63, 3.8) is 0 Å². The van der Waals surface area contributed by atoms with Crippen LogP contribution < -0.4 is 0 Å². The van der Waals surface area contributed by atoms with Crippen LogP contribution in [0.2, 0.25) is 5.02 Å². The third kappa shape index (κ3) is 5.06. The Hall–Kier alpha value is -4.23. The number of pyridine rings is 1. The van der Waals surface area contributed by atoms with Crippen LogP contribution in [0.15, 0.2) is 91.4 Å². The maximum absolute atomic E-state index is 13.0. The van der Waals surface area contributed by atoms with Crippen LogP contribution in [-0.4, -0.2) is 62.6 Å². The fourth-order valence-corrected chi connectivity index (χ4v) is 4.37. The lowest BCUT2D eigenvalue weighted by Gasteiger charge is -2.34. The number of para-hydroxylation sites is 1. The molecule has 8 heteroatoms. The monoisotopic (exact) mass is 497 g/mol. The van der Waals surface area contributed by atoms with E-state index in [4.69, 9.17) is 16.7 Å². The van der Waals surface area contributed by atoms with Gasteiger partial charge in [-0.15, -0.1) is 0 Å². The van der Waals surface area contributed by atoms with Gasteiger partial charge in [0.1, 0.15) is 5.69 Å². The van der Waals surface area contributed by atoms with E-state index in [9.17, 15) is 9.59 Å². The molecule has 0 spiro atoms. The van der Waals surface area contributed by atoms with E-state index in [-0.39, 0.29) is 11.8 Å². The van der Waals surface area contributed by atoms with Gasteiger partial charge in [-0.05, 0) is 42.5 Å². The van der Waals surface area contributed by atoms with E-state index >= 15 is 0 Å². The summed E-state index contributed by atoms with van der Waals surface area (Å²) in [7, 11) is 0. The zero-order chi connectivity index (χ0) is 24.9. The van der Waals surface area contributed by atoms with E-state index in [1.165, 1.54) is 0 Å². The SMILES string of the molecule is O=C(/C=C/c1cn(-c2ccccc2)nc1-c1cccnc1)N1CCN(C(=O)c2ccccc2Cl)CC1. The highest BCUT2D eigenvalue weighted by Crippen LogP contribution is 2.24. The Labute approximate surface area is 214 Å². The fourth-order valence-electron chi connectivity index (χ4n) is 4.15. The van der Waals surface area contributed by atoms with E-state index in [2.05, 4.69) is 4.98 Å². The van der Waals surface area contributed by atoms with Gasteiger partial charge in [0.05, 0.1) is 16.3 Å². The van der Waals surface area contributed by atoms with E-state index in [1.54, 1.807) is 63.3 Å². The normalized spacial score (nSPS) is 13.8. The molecule has 0 unspecified atom stereocenters. The predicted octanol–water partition coefficient (Wildman–Crippen LogP) is 4.59. The predicted molar refractivity (Wildman–Crippen MR) is 140 cm³/mol. The summed E-state index contributed by atoms with van der Waals surface area (Å²) in [5, 5.41) is 5.19. The molecule has 5 rings (SSSR count). The first-order valence-corrected chi connectivity index (χ1v) is 12.0. The molecule has 0 N–H and O–H groups in total. The molecular formula is C28H24ClN5O2. The van der Waals surface area contributed by atoms with Crippen LogP contribution in [0, 0.1) is 0 Å². The van der Waals surface area contributed by atoms with Gasteiger partial charge in [0.15, 0.2) is 0 Å². The highest BCUT2D eigenvalue weighted by Gasteiger charge is 2.25. The number of halogens is 1. The zero-order valence-electron chi connectivity index (χ0n) is 19.5. The van der Waals surface area contributed by atoms with E-state index in [0.717, 1.165) is 22.5 Å². The van der Waals surface area contributed by atoms with Gasteiger partial charge in [0.25, 0.3) is 5.91 Å². The Morgan fingerprint density at radius 2 is 1.58 bits per heavy atom. The first kappa shape index (κ1) is 23.5. The molecule has 0 bridgehead atoms. The summed E-state index contributed by atoms with van der Waals surface area (Å²) < 4.78 is 1.80. The van der Waals surface area contributed by atoms with Gasteiger partial charge in [-0.1, -0.05) is 41.9 Å². The van der Waals surface area contributed by atoms with Crippen LogP contribution in [0.25, 0.3) is 23.0 Å². The Morgan fingerprint density at radius 1 is 0.861 bits per heavy atom. The van der Waals surface area contributed by atoms with Crippen LogP contribution in [0.5, 0.6) is 0 Å². The largest absolute Gasteiger partial charge is 0.336 e. The Kier molecular flexibility index (Phi) is 6.91. The molecule has 1 saturated heterocycles. The maximum atomic E-state index is 13.0. The molecule has 3 heterocycles. The highest BCUT2D eigenvalue weighted by atomic mass is 35.5. The van der Waals surface area contributed by atoms with Crippen molar-refractivity contribution >= 4 is 29.5 Å². The molecule has 180 valence electrons. The summed E-state index contributed by atoms with van der Waals surface area (Å²) in [4.78, 5) is 33.5. The smallest absolute Gasteiger partial charge is 0.255 e. The Bertz CT molecular complexity index is 1390. The lowest BCUT2D eigenvalue weighted by atomic mass is 10.1. The molecule has 2 aromatic carbocycles. The second kappa shape index (κ2) is 10.6. The Balaban J connectivity index is 1.30. The van der Waals surface area contributed by atoms with Crippen LogP contribution in [0.1, 0.15) is 15.9 Å². The minimum atomic E-state index is -0.113. The van der Waals surface area contributed by atoms with E-state index in [0.29, 0.717) is 36.8 Å². The lowest BCUT2D eigenvalue weighted by molar-refractivity contribution is -0.127. The third-order valence-electron chi connectivity index (χ3n) is 6.09. The molecule has 1 aliphatic heterocycles. The van der Waals surface area contributed by atoms with Crippen molar-refractivity contribution in [1.29, 1.82) is 0 Å². The van der Waals surface area contributed by atoms with Crippen LogP contribution in [0.3, 0.4) is 0 Å². The molecule has 36 heavy (non-hydrogen) atoms. The van der Waals surface area contributed by atoms with Gasteiger partial charge in [0.2, 0.25) is 5.91 Å². The number of amides is 2. The van der Waals surface area contributed by atoms with Gasteiger partial charge in [-0.25, -0.2) is 4.68 Å². The minimum Gasteiger partial charge on any atom is -0.336 e. The van der Waals surface area contributed by atoms with Gasteiger partial charge >= 0.3 is 0 Å². The summed E-state index contributed by atoms with van der Waals surface area (Å²) in [6, 6.07) is 20.6. The number of hydrogen-bond donors (Lipinski definition) is 0. The number of rotatable bonds is 5. The highest BCUT2D eigenvalue weighted by molar-refractivity contribution is 6.33. The van der Waals surface area contributed by atoms with Crippen molar-refractivity contribution in [2.75, 3.05) is 26.2 Å². The molecule has 4 aromatic rings. The van der Waals surface area contributed by atoms with Crippen LogP contribution in [-0.2, 0) is 4.79 Å². The number of benzene rings is 2. The molecule has 0 aliphatic carbocycles. The zero-order valence-corrected chi connectivity index (χ0v) is 20.3. The number of carbonyl (C=O) groups is 2. The van der Waals surface area contributed by atoms with Crippen molar-refractivity contribution in [2.24, 2.45) is 0 Å². The van der Waals surface area contributed by atoms with Crippen LogP contribution >= 0.6 is 11.6 Å². The summed E-state index contributed by atoms with van der Waals surface area (Å²) in [5.74, 6) is -0.220. The van der Waals surface area contributed by atoms with Crippen molar-refractivity contribution < 1.29 is 9.59 Å². The van der Waals surface area contributed by atoms with E-state index in [1.807, 2.05) is 48.7 Å². The fraction of sp³-hybridized carbons (Fsp3) is 0.143. The average molecular weight is 498 g/mol. The molecule has 7 nitrogen and oxygen atoms in total. The number of piperazine rings is 1. The maximum Gasteiger partial charge on any atom is 0.255 e. The number of nitrogens with zero attached hydrogens (tertiary/aromatic N) is 5. The molecule has 1 aliphatic rings. The molecular weight excluding hydrogens is 474 g/mol. The summed E-state index contributed by atoms with van der Waals surface area (Å²) in [6.07, 6.45) is 8.73. The van der Waals surface area contributed by atoms with Crippen molar-refractivity contribution in [3.05, 3.63) is 108 Å². The minimum absolute atomic E-state index is 0.107. The number of hydrogen-bond acceptors (Lipinski definition) is 4. The van der Waals surface area contributed by atoms with Gasteiger partial charge in [0, 0.05) is 62.0 Å². The van der Waals surface area contributed by atoms with Crippen LogP contribution in [0.4, 0.5) is 0 Å². The second-order valence-corrected chi connectivity index (χ2v) is 8.79. The molecule has 2 aromatic heterocycles. The quantitative estimate of drug-likeness (QED) is 0.378. The number of aromatic nitrogens is 3. The summed E-state index contributed by atoms with van der Waals surface area (Å²) in [5.41, 5.74) is 3.83. The molecule has 0 radical (unpaired) electrons. The van der Waals surface area contributed by atoms with E-state index < -0.39 is 0 Å². The molecule has 2 amide bonds. The Morgan fingerprint density at radius 3 is 2.31 bits per heavy atom. The van der Waals surface area contributed by atoms with Crippen molar-refractivity contribution in [1.82, 2.24) is 24.6 Å². The topological polar surface area (TPSA) is 71.3 Å². The molecule has 1 fully saturated rings. The molecule has 0 saturated carbocycles. The standard InChI is InChI=1S/C28H24ClN5O2/c29-25-11-5-4-10-24(25)28(36)33-17-15-32(16-18-33)26(35)13-12-22-20-34(23-8-2-1-3-9-23)31-27(22)21-7-6-14-30-19-21/h1-14,19-20H,15-18H2/b13-12+.